The van der Waals surface area contributed by atoms with E-state index in [1.54, 1.807) is 0 Å². The van der Waals surface area contributed by atoms with E-state index in [4.69, 9.17) is 0 Å². The van der Waals surface area contributed by atoms with Gasteiger partial charge in [-0.15, -0.1) is 11.8 Å². The number of halogens is 2. The molecule has 3 aromatic carbocycles. The van der Waals surface area contributed by atoms with Crippen LogP contribution in [-0.2, 0) is 12.8 Å². The zero-order valence-corrected chi connectivity index (χ0v) is 39.9. The number of hydrogen-bond donors (Lipinski definition) is 0. The van der Waals surface area contributed by atoms with E-state index in [9.17, 15) is 0 Å². The molecule has 0 atom stereocenters. The van der Waals surface area contributed by atoms with Crippen LogP contribution in [0.2, 0.25) is 0 Å². The maximum absolute atomic E-state index is 3.78. The Morgan fingerprint density at radius 3 is 0.931 bits per heavy atom. The normalized spacial score (nSPS) is 10.4. The Labute approximate surface area is 373 Å². The fourth-order valence-corrected chi connectivity index (χ4v) is 8.42. The molecule has 3 rings (SSSR count). The quantitative estimate of drug-likeness (QED) is 0.0556. The van der Waals surface area contributed by atoms with Crippen LogP contribution in [0, 0.1) is 47.4 Å². The van der Waals surface area contributed by atoms with Crippen LogP contribution in [0.25, 0.3) is 0 Å². The molecule has 0 unspecified atom stereocenters. The van der Waals surface area contributed by atoms with Crippen molar-refractivity contribution >= 4 is 31.9 Å². The number of unbranched alkanes of at least 4 members (excludes halogenated alkanes) is 22. The van der Waals surface area contributed by atoms with E-state index in [0.29, 0.717) is 0 Å². The van der Waals surface area contributed by atoms with Gasteiger partial charge in [0.15, 0.2) is 0 Å². The molecule has 0 saturated carbocycles. The molecule has 0 aliphatic rings. The average Bonchev–Trinajstić information content (AvgIpc) is 3.22. The second kappa shape index (κ2) is 31.7. The fraction of sp³-hybridized carbons (Fsp3) is 0.536. The molecule has 310 valence electrons. The predicted octanol–water partition coefficient (Wildman–Crippen LogP) is 17.2. The Morgan fingerprint density at radius 1 is 0.328 bits per heavy atom. The van der Waals surface area contributed by atoms with Crippen molar-refractivity contribution in [1.29, 1.82) is 0 Å². The van der Waals surface area contributed by atoms with E-state index < -0.39 is 0 Å². The van der Waals surface area contributed by atoms with Gasteiger partial charge in [-0.05, 0) is 119 Å². The van der Waals surface area contributed by atoms with Gasteiger partial charge >= 0.3 is 0 Å². The Balaban J connectivity index is 1.51. The molecule has 0 amide bonds. The van der Waals surface area contributed by atoms with Gasteiger partial charge in [-0.2, -0.15) is 0 Å². The molecular formula is C56H72Br2. The summed E-state index contributed by atoms with van der Waals surface area (Å²) in [5, 5.41) is 0. The molecule has 0 fully saturated rings. The molecule has 0 aliphatic heterocycles. The average molecular weight is 905 g/mol. The minimum Gasteiger partial charge on any atom is -0.101 e. The van der Waals surface area contributed by atoms with Gasteiger partial charge in [0.05, 0.1) is 0 Å². The van der Waals surface area contributed by atoms with E-state index in [1.165, 1.54) is 165 Å². The van der Waals surface area contributed by atoms with Gasteiger partial charge in [0.1, 0.15) is 0 Å². The van der Waals surface area contributed by atoms with E-state index in [-0.39, 0.29) is 0 Å². The Kier molecular flexibility index (Phi) is 26.9. The molecule has 0 aliphatic carbocycles. The third-order valence-corrected chi connectivity index (χ3v) is 12.4. The summed E-state index contributed by atoms with van der Waals surface area (Å²) < 4.78 is 1.84. The third-order valence-electron chi connectivity index (χ3n) is 11.0. The van der Waals surface area contributed by atoms with Gasteiger partial charge in [0.25, 0.3) is 0 Å². The van der Waals surface area contributed by atoms with Gasteiger partial charge in [0, 0.05) is 42.3 Å². The molecule has 58 heavy (non-hydrogen) atoms. The van der Waals surface area contributed by atoms with Crippen LogP contribution < -0.4 is 0 Å². The van der Waals surface area contributed by atoms with E-state index in [1.807, 2.05) is 13.8 Å². The lowest BCUT2D eigenvalue weighted by atomic mass is 9.99. The first-order chi connectivity index (χ1) is 28.5. The van der Waals surface area contributed by atoms with Gasteiger partial charge < -0.3 is 0 Å². The number of aryl methyl sites for hydroxylation is 2. The molecule has 0 radical (unpaired) electrons. The van der Waals surface area contributed by atoms with Gasteiger partial charge in [-0.1, -0.05) is 203 Å². The van der Waals surface area contributed by atoms with Crippen LogP contribution >= 0.6 is 31.9 Å². The molecule has 0 spiro atoms. The largest absolute Gasteiger partial charge is 0.101 e. The lowest BCUT2D eigenvalue weighted by molar-refractivity contribution is 0.544. The molecule has 0 saturated heterocycles. The first-order valence-corrected chi connectivity index (χ1v) is 24.7. The Hall–Kier alpha value is -3.14. The molecular weight excluding hydrogens is 832 g/mol. The van der Waals surface area contributed by atoms with E-state index in [2.05, 4.69) is 142 Å². The molecule has 0 heterocycles. The second-order valence-corrected chi connectivity index (χ2v) is 17.8. The maximum Gasteiger partial charge on any atom is 0.0405 e. The Bertz CT molecular complexity index is 1740. The second-order valence-electron chi connectivity index (χ2n) is 16.1. The maximum atomic E-state index is 3.78. The monoisotopic (exact) mass is 902 g/mol. The van der Waals surface area contributed by atoms with Crippen molar-refractivity contribution in [3.05, 3.63) is 102 Å². The molecule has 0 aromatic heterocycles. The number of rotatable bonds is 26. The van der Waals surface area contributed by atoms with Crippen LogP contribution in [0.4, 0.5) is 0 Å². The number of benzene rings is 3. The summed E-state index contributed by atoms with van der Waals surface area (Å²) in [6, 6.07) is 17.3. The third kappa shape index (κ3) is 20.7. The Morgan fingerprint density at radius 2 is 0.621 bits per heavy atom. The zero-order valence-electron chi connectivity index (χ0n) is 36.8. The molecule has 0 nitrogen and oxygen atoms in total. The summed E-state index contributed by atoms with van der Waals surface area (Å²) in [6.45, 7) is 8.38. The minimum atomic E-state index is 0.910. The molecule has 2 heteroatoms. The lowest BCUT2D eigenvalue weighted by Gasteiger charge is -2.06. The molecule has 0 N–H and O–H groups in total. The predicted molar refractivity (Wildman–Crippen MR) is 261 cm³/mol. The van der Waals surface area contributed by atoms with Gasteiger partial charge in [0.2, 0.25) is 0 Å². The van der Waals surface area contributed by atoms with Crippen molar-refractivity contribution in [2.24, 2.45) is 0 Å². The summed E-state index contributed by atoms with van der Waals surface area (Å²) in [7, 11) is 0. The first-order valence-electron chi connectivity index (χ1n) is 23.1. The zero-order chi connectivity index (χ0) is 41.5. The van der Waals surface area contributed by atoms with Crippen LogP contribution in [-0.4, -0.2) is 0 Å². The highest BCUT2D eigenvalue weighted by Crippen LogP contribution is 2.26. The highest BCUT2D eigenvalue weighted by Gasteiger charge is 2.07. The molecule has 0 bridgehead atoms. The summed E-state index contributed by atoms with van der Waals surface area (Å²) in [4.78, 5) is 0. The topological polar surface area (TPSA) is 0 Å². The summed E-state index contributed by atoms with van der Waals surface area (Å²) in [5.41, 5.74) is 8.47. The first kappa shape index (κ1) is 49.2. The van der Waals surface area contributed by atoms with Gasteiger partial charge in [-0.25, -0.2) is 0 Å². The highest BCUT2D eigenvalue weighted by atomic mass is 79.9. The van der Waals surface area contributed by atoms with Crippen LogP contribution in [0.3, 0.4) is 0 Å². The summed E-state index contributed by atoms with van der Waals surface area (Å²) in [6.07, 6.45) is 35.1. The summed E-state index contributed by atoms with van der Waals surface area (Å²) in [5.74, 6) is 26.4. The summed E-state index contributed by atoms with van der Waals surface area (Å²) >= 11 is 7.56. The van der Waals surface area contributed by atoms with Crippen LogP contribution in [0.1, 0.15) is 226 Å². The fourth-order valence-electron chi connectivity index (χ4n) is 7.54. The SMILES string of the molecule is CC#Cc1cc(CCCCCCCCCCCCCC)ccc1C#Cc1cc(Br)c(C#Cc2ccc(CCCCCCCCCCCCCC)cc2C#CC)cc1Br. The van der Waals surface area contributed by atoms with Gasteiger partial charge in [-0.3, -0.25) is 0 Å². The smallest absolute Gasteiger partial charge is 0.0405 e. The van der Waals surface area contributed by atoms with Crippen LogP contribution in [0.5, 0.6) is 0 Å². The van der Waals surface area contributed by atoms with Crippen molar-refractivity contribution in [3.8, 4) is 47.4 Å². The van der Waals surface area contributed by atoms with Crippen molar-refractivity contribution in [2.45, 2.75) is 195 Å². The van der Waals surface area contributed by atoms with Crippen molar-refractivity contribution in [1.82, 2.24) is 0 Å². The van der Waals surface area contributed by atoms with Crippen LogP contribution in [0.15, 0.2) is 57.5 Å². The highest BCUT2D eigenvalue weighted by molar-refractivity contribution is 9.11. The lowest BCUT2D eigenvalue weighted by Crippen LogP contribution is -1.92. The molecule has 3 aromatic rings. The standard InChI is InChI=1S/C56H72Br2/c1-5-9-11-13-15-17-19-21-23-25-27-29-33-47-35-37-49(51(43-47)31-7-3)39-41-53-45-56(58)54(46-55(53)57)42-40-50-38-36-48(44-52(50)32-8-4)34-30-28-26-24-22-20-18-16-14-12-10-6-2/h35-38,43-46H,5-6,9-30,33-34H2,1-4H3. The van der Waals surface area contributed by atoms with E-state index in [0.717, 1.165) is 55.2 Å². The minimum absolute atomic E-state index is 0.910. The number of hydrogen-bond acceptors (Lipinski definition) is 0. The van der Waals surface area contributed by atoms with Crippen molar-refractivity contribution in [2.75, 3.05) is 0 Å². The van der Waals surface area contributed by atoms with E-state index >= 15 is 0 Å². The van der Waals surface area contributed by atoms with Crippen molar-refractivity contribution < 1.29 is 0 Å². The van der Waals surface area contributed by atoms with Crippen molar-refractivity contribution in [3.63, 3.8) is 0 Å².